The third kappa shape index (κ3) is 1.32. The van der Waals surface area contributed by atoms with Crippen LogP contribution in [-0.4, -0.2) is 16.7 Å². The molecule has 1 aromatic heterocycles. The van der Waals surface area contributed by atoms with Crippen LogP contribution in [0, 0.1) is 13.8 Å². The Hall–Kier alpha value is -1.28. The Morgan fingerprint density at radius 1 is 1.29 bits per heavy atom. The third-order valence-corrected chi connectivity index (χ3v) is 2.72. The van der Waals surface area contributed by atoms with Crippen molar-refractivity contribution in [3.8, 4) is 0 Å². The zero-order chi connectivity index (χ0) is 10.1. The Morgan fingerprint density at radius 2 is 2.07 bits per heavy atom. The quantitative estimate of drug-likeness (QED) is 0.747. The number of aromatic nitrogens is 1. The van der Waals surface area contributed by atoms with Crippen molar-refractivity contribution in [1.29, 1.82) is 0 Å². The lowest BCUT2D eigenvalue weighted by molar-refractivity contribution is 0.300. The molecule has 0 fully saturated rings. The number of benzene rings is 1. The number of aromatic amines is 1. The van der Waals surface area contributed by atoms with Crippen molar-refractivity contribution in [2.75, 3.05) is 6.61 Å². The molecule has 0 aliphatic carbocycles. The van der Waals surface area contributed by atoms with Crippen molar-refractivity contribution in [1.82, 2.24) is 4.98 Å². The minimum atomic E-state index is 0.210. The molecule has 0 radical (unpaired) electrons. The highest BCUT2D eigenvalue weighted by molar-refractivity contribution is 5.87. The predicted octanol–water partition coefficient (Wildman–Crippen LogP) is 2.32. The van der Waals surface area contributed by atoms with Crippen LogP contribution in [0.3, 0.4) is 0 Å². The van der Waals surface area contributed by atoms with Gasteiger partial charge in [0.1, 0.15) is 0 Å². The number of aliphatic hydroxyl groups excluding tert-OH is 1. The van der Waals surface area contributed by atoms with Gasteiger partial charge in [-0.2, -0.15) is 0 Å². The van der Waals surface area contributed by atoms with E-state index in [-0.39, 0.29) is 6.61 Å². The summed E-state index contributed by atoms with van der Waals surface area (Å²) in [6, 6.07) is 6.27. The van der Waals surface area contributed by atoms with Crippen LogP contribution in [0.1, 0.15) is 16.8 Å². The molecule has 74 valence electrons. The molecule has 1 aromatic carbocycles. The van der Waals surface area contributed by atoms with E-state index in [4.69, 9.17) is 5.11 Å². The summed E-state index contributed by atoms with van der Waals surface area (Å²) in [6.45, 7) is 4.37. The van der Waals surface area contributed by atoms with Crippen molar-refractivity contribution in [3.63, 3.8) is 0 Å². The molecule has 0 saturated heterocycles. The van der Waals surface area contributed by atoms with E-state index in [9.17, 15) is 0 Å². The molecule has 0 atom stereocenters. The van der Waals surface area contributed by atoms with Gasteiger partial charge in [0.15, 0.2) is 0 Å². The van der Waals surface area contributed by atoms with Crippen molar-refractivity contribution in [2.24, 2.45) is 0 Å². The maximum absolute atomic E-state index is 8.98. The van der Waals surface area contributed by atoms with Crippen LogP contribution in [0.25, 0.3) is 10.9 Å². The van der Waals surface area contributed by atoms with E-state index in [0.717, 1.165) is 6.42 Å². The van der Waals surface area contributed by atoms with Gasteiger partial charge in [-0.3, -0.25) is 0 Å². The molecule has 0 saturated carbocycles. The first kappa shape index (κ1) is 9.28. The van der Waals surface area contributed by atoms with Crippen LogP contribution in [0.15, 0.2) is 18.2 Å². The number of nitrogens with one attached hydrogen (secondary N) is 1. The largest absolute Gasteiger partial charge is 0.396 e. The summed E-state index contributed by atoms with van der Waals surface area (Å²) in [5.74, 6) is 0. The van der Waals surface area contributed by atoms with E-state index >= 15 is 0 Å². The predicted molar refractivity (Wildman–Crippen MR) is 58.6 cm³/mol. The van der Waals surface area contributed by atoms with Crippen LogP contribution in [0.5, 0.6) is 0 Å². The summed E-state index contributed by atoms with van der Waals surface area (Å²) < 4.78 is 0. The molecule has 2 nitrogen and oxygen atoms in total. The van der Waals surface area contributed by atoms with Crippen molar-refractivity contribution < 1.29 is 5.11 Å². The molecule has 0 spiro atoms. The van der Waals surface area contributed by atoms with Gasteiger partial charge in [0.25, 0.3) is 0 Å². The lowest BCUT2D eigenvalue weighted by Crippen LogP contribution is -1.91. The molecule has 0 aliphatic rings. The standard InChI is InChI=1S/C12H15NO/c1-8-4-3-5-11-10(6-7-14)9(2)13-12(8)11/h3-5,13-14H,6-7H2,1-2H3. The Kier molecular flexibility index (Phi) is 2.30. The number of fused-ring (bicyclic) bond motifs is 1. The number of aliphatic hydroxyl groups is 1. The first-order valence-corrected chi connectivity index (χ1v) is 4.91. The molecular formula is C12H15NO. The summed E-state index contributed by atoms with van der Waals surface area (Å²) >= 11 is 0. The number of para-hydroxylation sites is 1. The van der Waals surface area contributed by atoms with Crippen LogP contribution < -0.4 is 0 Å². The Balaban J connectivity index is 2.70. The van der Waals surface area contributed by atoms with Gasteiger partial charge in [-0.15, -0.1) is 0 Å². The van der Waals surface area contributed by atoms with Gasteiger partial charge in [0.2, 0.25) is 0 Å². The smallest absolute Gasteiger partial charge is 0.0488 e. The monoisotopic (exact) mass is 189 g/mol. The van der Waals surface area contributed by atoms with Gasteiger partial charge < -0.3 is 10.1 Å². The summed E-state index contributed by atoms with van der Waals surface area (Å²) in [7, 11) is 0. The van der Waals surface area contributed by atoms with Gasteiger partial charge in [-0.1, -0.05) is 18.2 Å². The van der Waals surface area contributed by atoms with E-state index in [1.807, 2.05) is 0 Å². The van der Waals surface area contributed by atoms with Crippen LogP contribution in [0.4, 0.5) is 0 Å². The number of hydrogen-bond acceptors (Lipinski definition) is 1. The van der Waals surface area contributed by atoms with Crippen LogP contribution >= 0.6 is 0 Å². The first-order chi connectivity index (χ1) is 6.74. The van der Waals surface area contributed by atoms with Gasteiger partial charge in [-0.05, 0) is 31.4 Å². The van der Waals surface area contributed by atoms with Crippen molar-refractivity contribution >= 4 is 10.9 Å². The van der Waals surface area contributed by atoms with Gasteiger partial charge in [0.05, 0.1) is 0 Å². The zero-order valence-corrected chi connectivity index (χ0v) is 8.59. The molecule has 0 bridgehead atoms. The normalized spacial score (nSPS) is 11.1. The summed E-state index contributed by atoms with van der Waals surface area (Å²) in [6.07, 6.45) is 0.731. The topological polar surface area (TPSA) is 36.0 Å². The maximum atomic E-state index is 8.98. The molecule has 0 aliphatic heterocycles. The third-order valence-electron chi connectivity index (χ3n) is 2.72. The van der Waals surface area contributed by atoms with Crippen molar-refractivity contribution in [3.05, 3.63) is 35.0 Å². The number of hydrogen-bond donors (Lipinski definition) is 2. The van der Waals surface area contributed by atoms with E-state index in [0.29, 0.717) is 0 Å². The molecule has 14 heavy (non-hydrogen) atoms. The van der Waals surface area contributed by atoms with Crippen LogP contribution in [0.2, 0.25) is 0 Å². The highest BCUT2D eigenvalue weighted by Crippen LogP contribution is 2.24. The minimum Gasteiger partial charge on any atom is -0.396 e. The fraction of sp³-hybridized carbons (Fsp3) is 0.333. The Bertz CT molecular complexity index is 457. The zero-order valence-electron chi connectivity index (χ0n) is 8.59. The second-order valence-corrected chi connectivity index (χ2v) is 3.70. The van der Waals surface area contributed by atoms with E-state index in [2.05, 4.69) is 37.0 Å². The fourth-order valence-electron chi connectivity index (χ4n) is 1.98. The van der Waals surface area contributed by atoms with E-state index in [1.54, 1.807) is 0 Å². The van der Waals surface area contributed by atoms with Gasteiger partial charge >= 0.3 is 0 Å². The number of rotatable bonds is 2. The summed E-state index contributed by atoms with van der Waals surface area (Å²) in [4.78, 5) is 3.37. The maximum Gasteiger partial charge on any atom is 0.0488 e. The fourth-order valence-corrected chi connectivity index (χ4v) is 1.98. The van der Waals surface area contributed by atoms with E-state index < -0.39 is 0 Å². The molecule has 1 heterocycles. The van der Waals surface area contributed by atoms with Crippen LogP contribution in [-0.2, 0) is 6.42 Å². The molecule has 0 amide bonds. The molecule has 2 aromatic rings. The lowest BCUT2D eigenvalue weighted by Gasteiger charge is -1.98. The molecule has 0 unspecified atom stereocenters. The molecular weight excluding hydrogens is 174 g/mol. The highest BCUT2D eigenvalue weighted by atomic mass is 16.2. The average molecular weight is 189 g/mol. The van der Waals surface area contributed by atoms with Crippen molar-refractivity contribution in [2.45, 2.75) is 20.3 Å². The highest BCUT2D eigenvalue weighted by Gasteiger charge is 2.08. The molecule has 2 rings (SSSR count). The lowest BCUT2D eigenvalue weighted by atomic mass is 10.1. The van der Waals surface area contributed by atoms with Gasteiger partial charge in [-0.25, -0.2) is 0 Å². The van der Waals surface area contributed by atoms with E-state index in [1.165, 1.54) is 27.7 Å². The summed E-state index contributed by atoms with van der Waals surface area (Å²) in [5, 5.41) is 10.2. The first-order valence-electron chi connectivity index (χ1n) is 4.91. The summed E-state index contributed by atoms with van der Waals surface area (Å²) in [5.41, 5.74) is 4.87. The molecule has 2 N–H and O–H groups in total. The Morgan fingerprint density at radius 3 is 2.79 bits per heavy atom. The Labute approximate surface area is 83.6 Å². The number of aryl methyl sites for hydroxylation is 2. The number of H-pyrrole nitrogens is 1. The SMILES string of the molecule is Cc1[nH]c2c(C)cccc2c1CCO. The van der Waals surface area contributed by atoms with Gasteiger partial charge in [0, 0.05) is 23.2 Å². The second kappa shape index (κ2) is 3.46. The second-order valence-electron chi connectivity index (χ2n) is 3.70. The minimum absolute atomic E-state index is 0.210. The average Bonchev–Trinajstić information content (AvgIpc) is 2.47. The molecule has 2 heteroatoms.